The van der Waals surface area contributed by atoms with Gasteiger partial charge in [0.15, 0.2) is 0 Å². The number of methoxy groups -OCH3 is 1. The number of hydrogen-bond acceptors (Lipinski definition) is 6. The van der Waals surface area contributed by atoms with Gasteiger partial charge in [-0.1, -0.05) is 11.6 Å². The third-order valence-electron chi connectivity index (χ3n) is 5.34. The highest BCUT2D eigenvalue weighted by molar-refractivity contribution is 8.09. The Morgan fingerprint density at radius 1 is 1.33 bits per heavy atom. The number of amides is 3. The predicted octanol–water partition coefficient (Wildman–Crippen LogP) is 3.65. The zero-order chi connectivity index (χ0) is 20.8. The van der Waals surface area contributed by atoms with Gasteiger partial charge >= 0.3 is 6.03 Å². The molecule has 30 heavy (non-hydrogen) atoms. The summed E-state index contributed by atoms with van der Waals surface area (Å²) in [4.78, 5) is 32.4. The summed E-state index contributed by atoms with van der Waals surface area (Å²) >= 11 is 7.76. The fourth-order valence-electron chi connectivity index (χ4n) is 3.88. The zero-order valence-electron chi connectivity index (χ0n) is 16.1. The lowest BCUT2D eigenvalue weighted by Crippen LogP contribution is -2.60. The first-order valence-corrected chi connectivity index (χ1v) is 10.8. The fourth-order valence-corrected chi connectivity index (χ4v) is 5.45. The number of nitrogens with zero attached hydrogens (tertiary/aromatic N) is 2. The van der Waals surface area contributed by atoms with Gasteiger partial charge in [-0.05, 0) is 37.1 Å². The molecule has 1 N–H and O–H groups in total. The normalized spacial score (nSPS) is 22.6. The van der Waals surface area contributed by atoms with Gasteiger partial charge in [0, 0.05) is 27.3 Å². The van der Waals surface area contributed by atoms with E-state index in [9.17, 15) is 9.59 Å². The smallest absolute Gasteiger partial charge is 0.329 e. The van der Waals surface area contributed by atoms with Gasteiger partial charge in [0.2, 0.25) is 0 Å². The highest BCUT2D eigenvalue weighted by Gasteiger charge is 2.46. The molecule has 4 heterocycles. The van der Waals surface area contributed by atoms with Gasteiger partial charge in [-0.2, -0.15) is 0 Å². The maximum Gasteiger partial charge on any atom is 0.329 e. The van der Waals surface area contributed by atoms with Crippen LogP contribution in [-0.2, 0) is 11.2 Å². The first-order chi connectivity index (χ1) is 14.6. The number of urea groups is 1. The van der Waals surface area contributed by atoms with Gasteiger partial charge in [0.1, 0.15) is 22.4 Å². The molecule has 1 aromatic heterocycles. The van der Waals surface area contributed by atoms with E-state index in [4.69, 9.17) is 21.1 Å². The van der Waals surface area contributed by atoms with Crippen LogP contribution in [-0.4, -0.2) is 41.9 Å². The largest absolute Gasteiger partial charge is 0.497 e. The molecule has 1 saturated heterocycles. The number of hydrogen-bond donors (Lipinski definition) is 1. The third kappa shape index (κ3) is 3.11. The third-order valence-corrected chi connectivity index (χ3v) is 7.02. The lowest BCUT2D eigenvalue weighted by molar-refractivity contribution is -0.118. The molecule has 154 valence electrons. The standard InChI is InChI=1S/C21H18ClN3O4S/c1-28-12-4-5-14(22)13(7-12)17-8-15-19(30-17)20(26)25(21(27)24-15)16-10-23-9-11-3-2-6-29-18(11)16/h4-5,7-10,15,19H,2-3,6H2,1H3,(H,24,27). The van der Waals surface area contributed by atoms with Gasteiger partial charge in [-0.15, -0.1) is 11.8 Å². The van der Waals surface area contributed by atoms with Crippen LogP contribution in [0.15, 0.2) is 36.7 Å². The summed E-state index contributed by atoms with van der Waals surface area (Å²) in [5.41, 5.74) is 2.07. The lowest BCUT2D eigenvalue weighted by atomic mass is 10.1. The Morgan fingerprint density at radius 2 is 2.20 bits per heavy atom. The summed E-state index contributed by atoms with van der Waals surface area (Å²) in [6.07, 6.45) is 6.79. The number of pyridine rings is 1. The van der Waals surface area contributed by atoms with Crippen LogP contribution >= 0.6 is 23.4 Å². The minimum absolute atomic E-state index is 0.302. The lowest BCUT2D eigenvalue weighted by Gasteiger charge is -2.34. The van der Waals surface area contributed by atoms with E-state index in [-0.39, 0.29) is 5.91 Å². The molecule has 2 aromatic rings. The fraction of sp³-hybridized carbons (Fsp3) is 0.286. The maximum absolute atomic E-state index is 13.4. The molecule has 5 rings (SSSR count). The van der Waals surface area contributed by atoms with Crippen molar-refractivity contribution in [3.63, 3.8) is 0 Å². The molecule has 7 nitrogen and oxygen atoms in total. The van der Waals surface area contributed by atoms with Crippen LogP contribution in [0.3, 0.4) is 0 Å². The Labute approximate surface area is 182 Å². The van der Waals surface area contributed by atoms with Crippen molar-refractivity contribution in [1.29, 1.82) is 0 Å². The summed E-state index contributed by atoms with van der Waals surface area (Å²) in [5, 5.41) is 2.98. The Kier molecular flexibility index (Phi) is 4.83. The van der Waals surface area contributed by atoms with Crippen molar-refractivity contribution >= 4 is 45.9 Å². The van der Waals surface area contributed by atoms with Crippen LogP contribution < -0.4 is 19.7 Å². The van der Waals surface area contributed by atoms with Gasteiger partial charge in [-0.25, -0.2) is 9.69 Å². The van der Waals surface area contributed by atoms with Crippen molar-refractivity contribution in [1.82, 2.24) is 10.3 Å². The number of ether oxygens (including phenoxy) is 2. The molecule has 0 spiro atoms. The molecule has 0 aliphatic carbocycles. The van der Waals surface area contributed by atoms with Crippen LogP contribution in [0.1, 0.15) is 17.5 Å². The average Bonchev–Trinajstić information content (AvgIpc) is 3.18. The van der Waals surface area contributed by atoms with Crippen molar-refractivity contribution < 1.29 is 19.1 Å². The monoisotopic (exact) mass is 443 g/mol. The first kappa shape index (κ1) is 19.3. The molecular formula is C21H18ClN3O4S. The van der Waals surface area contributed by atoms with Crippen molar-refractivity contribution in [3.05, 3.63) is 52.8 Å². The number of halogens is 1. The van der Waals surface area contributed by atoms with Crippen LogP contribution in [0.5, 0.6) is 11.5 Å². The number of imide groups is 1. The van der Waals surface area contributed by atoms with Gasteiger partial charge in [0.05, 0.1) is 26.0 Å². The topological polar surface area (TPSA) is 80.8 Å². The molecule has 0 saturated carbocycles. The highest BCUT2D eigenvalue weighted by Crippen LogP contribution is 2.46. The van der Waals surface area contributed by atoms with Crippen molar-refractivity contribution in [2.24, 2.45) is 0 Å². The van der Waals surface area contributed by atoms with Crippen LogP contribution in [0.4, 0.5) is 10.5 Å². The van der Waals surface area contributed by atoms with Gasteiger partial charge in [0.25, 0.3) is 5.91 Å². The highest BCUT2D eigenvalue weighted by atomic mass is 35.5. The molecule has 0 radical (unpaired) electrons. The SMILES string of the molecule is COc1ccc(Cl)c(C2=CC3NC(=O)N(c4cncc5c4OCCC5)C(=O)C3S2)c1. The number of carbonyl (C=O) groups is 2. The number of aryl methyl sites for hydroxylation is 1. The summed E-state index contributed by atoms with van der Waals surface area (Å²) in [5.74, 6) is 0.926. The van der Waals surface area contributed by atoms with Crippen molar-refractivity contribution in [3.8, 4) is 11.5 Å². The van der Waals surface area contributed by atoms with Crippen molar-refractivity contribution in [2.45, 2.75) is 24.1 Å². The quantitative estimate of drug-likeness (QED) is 0.779. The number of carbonyl (C=O) groups excluding carboxylic acids is 2. The number of anilines is 1. The van der Waals surface area contributed by atoms with Gasteiger partial charge in [-0.3, -0.25) is 9.78 Å². The molecule has 2 atom stereocenters. The second-order valence-corrected chi connectivity index (χ2v) is 8.75. The number of rotatable bonds is 3. The molecule has 2 unspecified atom stereocenters. The molecule has 0 bridgehead atoms. The second-order valence-electron chi connectivity index (χ2n) is 7.16. The summed E-state index contributed by atoms with van der Waals surface area (Å²) in [6, 6.07) is 4.45. The number of fused-ring (bicyclic) bond motifs is 2. The van der Waals surface area contributed by atoms with E-state index in [1.807, 2.05) is 12.1 Å². The minimum Gasteiger partial charge on any atom is -0.497 e. The van der Waals surface area contributed by atoms with E-state index in [0.717, 1.165) is 33.8 Å². The van der Waals surface area contributed by atoms with E-state index in [2.05, 4.69) is 10.3 Å². The molecule has 1 aromatic carbocycles. The Balaban J connectivity index is 1.47. The van der Waals surface area contributed by atoms with E-state index >= 15 is 0 Å². The molecule has 3 aliphatic heterocycles. The summed E-state index contributed by atoms with van der Waals surface area (Å²) in [6.45, 7) is 0.550. The number of benzene rings is 1. The van der Waals surface area contributed by atoms with Crippen LogP contribution in [0.2, 0.25) is 5.02 Å². The number of nitrogens with one attached hydrogen (secondary N) is 1. The average molecular weight is 444 g/mol. The first-order valence-electron chi connectivity index (χ1n) is 9.53. The number of thioether (sulfide) groups is 1. The predicted molar refractivity (Wildman–Crippen MR) is 115 cm³/mol. The minimum atomic E-state index is -0.501. The molecule has 9 heteroatoms. The molecule has 1 fully saturated rings. The summed E-state index contributed by atoms with van der Waals surface area (Å²) < 4.78 is 11.1. The zero-order valence-corrected chi connectivity index (χ0v) is 17.6. The second kappa shape index (κ2) is 7.52. The molecule has 3 aliphatic rings. The van der Waals surface area contributed by atoms with Crippen molar-refractivity contribution in [2.75, 3.05) is 18.6 Å². The van der Waals surface area contributed by atoms with Gasteiger partial charge < -0.3 is 14.8 Å². The maximum atomic E-state index is 13.4. The van der Waals surface area contributed by atoms with E-state index in [1.165, 1.54) is 18.0 Å². The van der Waals surface area contributed by atoms with Crippen LogP contribution in [0, 0.1) is 0 Å². The Morgan fingerprint density at radius 3 is 3.03 bits per heavy atom. The van der Waals surface area contributed by atoms with E-state index < -0.39 is 17.3 Å². The van der Waals surface area contributed by atoms with E-state index in [1.54, 1.807) is 25.4 Å². The molecular weight excluding hydrogens is 426 g/mol. The Bertz CT molecular complexity index is 1090. The summed E-state index contributed by atoms with van der Waals surface area (Å²) in [7, 11) is 1.58. The molecule has 3 amide bonds. The Hall–Kier alpha value is -2.71. The van der Waals surface area contributed by atoms with E-state index in [0.29, 0.717) is 28.8 Å². The number of aromatic nitrogens is 1. The van der Waals surface area contributed by atoms with Crippen LogP contribution in [0.25, 0.3) is 4.91 Å².